The summed E-state index contributed by atoms with van der Waals surface area (Å²) in [6, 6.07) is 16.0. The molecular formula is C28H31ClN4O3S2. The Morgan fingerprint density at radius 3 is 2.37 bits per heavy atom. The van der Waals surface area contributed by atoms with Crippen molar-refractivity contribution in [1.29, 1.82) is 0 Å². The largest absolute Gasteiger partial charge is 0.380 e. The molecule has 6 rings (SSSR count). The van der Waals surface area contributed by atoms with Crippen LogP contribution < -0.4 is 4.90 Å². The summed E-state index contributed by atoms with van der Waals surface area (Å²) in [6.45, 7) is 5.33. The number of amides is 1. The summed E-state index contributed by atoms with van der Waals surface area (Å²) < 4.78 is 5.35. The normalized spacial score (nSPS) is 20.2. The zero-order valence-corrected chi connectivity index (χ0v) is 23.6. The van der Waals surface area contributed by atoms with Crippen LogP contribution >= 0.6 is 36.4 Å². The molecule has 3 aromatic rings. The maximum Gasteiger partial charge on any atom is 0.227 e. The highest BCUT2D eigenvalue weighted by molar-refractivity contribution is 7.59. The van der Waals surface area contributed by atoms with Crippen molar-refractivity contribution in [1.82, 2.24) is 15.1 Å². The summed E-state index contributed by atoms with van der Waals surface area (Å²) >= 11 is 7.43. The molecule has 1 amide bonds. The van der Waals surface area contributed by atoms with Crippen molar-refractivity contribution in [3.05, 3.63) is 74.7 Å². The average molecular weight is 571 g/mol. The van der Waals surface area contributed by atoms with Crippen molar-refractivity contribution in [2.24, 2.45) is 11.3 Å². The molecule has 4 heterocycles. The van der Waals surface area contributed by atoms with Gasteiger partial charge in [0.1, 0.15) is 15.8 Å². The highest BCUT2D eigenvalue weighted by Gasteiger charge is 2.48. The first kappa shape index (κ1) is 27.3. The summed E-state index contributed by atoms with van der Waals surface area (Å²) in [5.74, 6) is -0.253. The molecule has 3 fully saturated rings. The number of likely N-dealkylation sites (tertiary alicyclic amines) is 1. The average Bonchev–Trinajstić information content (AvgIpc) is 3.46. The first-order chi connectivity index (χ1) is 17.9. The van der Waals surface area contributed by atoms with Crippen LogP contribution in [0.2, 0.25) is 5.02 Å². The molecule has 7 nitrogen and oxygen atoms in total. The van der Waals surface area contributed by atoms with Gasteiger partial charge >= 0.3 is 0 Å². The van der Waals surface area contributed by atoms with Gasteiger partial charge in [-0.3, -0.25) is 14.5 Å². The molecule has 3 saturated heterocycles. The van der Waals surface area contributed by atoms with Gasteiger partial charge in [0, 0.05) is 61.1 Å². The number of halogens is 1. The summed E-state index contributed by atoms with van der Waals surface area (Å²) in [5.41, 5.74) is 3.70. The van der Waals surface area contributed by atoms with E-state index in [2.05, 4.69) is 27.2 Å². The van der Waals surface area contributed by atoms with Crippen LogP contribution in [0.25, 0.3) is 0 Å². The lowest BCUT2D eigenvalue weighted by Crippen LogP contribution is -2.65. The predicted molar refractivity (Wildman–Crippen MR) is 153 cm³/mol. The molecule has 0 bridgehead atoms. The number of aromatic nitrogens is 2. The van der Waals surface area contributed by atoms with E-state index in [1.54, 1.807) is 4.90 Å². The molecule has 10 heteroatoms. The van der Waals surface area contributed by atoms with Gasteiger partial charge in [0.25, 0.3) is 0 Å². The Bertz CT molecular complexity index is 1290. The van der Waals surface area contributed by atoms with Crippen molar-refractivity contribution < 1.29 is 14.3 Å². The third kappa shape index (κ3) is 5.97. The molecule has 38 heavy (non-hydrogen) atoms. The number of hydrogen-bond acceptors (Lipinski definition) is 7. The van der Waals surface area contributed by atoms with E-state index in [-0.39, 0.29) is 43.9 Å². The number of ether oxygens (including phenoxy) is 1. The van der Waals surface area contributed by atoms with Crippen LogP contribution in [0.3, 0.4) is 0 Å². The Morgan fingerprint density at radius 1 is 1.00 bits per heavy atom. The summed E-state index contributed by atoms with van der Waals surface area (Å²) in [4.78, 5) is 29.9. The second-order valence-electron chi connectivity index (χ2n) is 10.6. The highest BCUT2D eigenvalue weighted by Crippen LogP contribution is 2.38. The van der Waals surface area contributed by atoms with Gasteiger partial charge in [0.15, 0.2) is 0 Å². The number of benzene rings is 2. The summed E-state index contributed by atoms with van der Waals surface area (Å²) in [7, 11) is 0. The third-order valence-electron chi connectivity index (χ3n) is 7.54. The minimum Gasteiger partial charge on any atom is -0.380 e. The lowest BCUT2D eigenvalue weighted by Gasteiger charge is -2.55. The number of anilines is 1. The molecule has 3 aliphatic rings. The van der Waals surface area contributed by atoms with E-state index in [0.29, 0.717) is 17.0 Å². The van der Waals surface area contributed by atoms with E-state index in [1.165, 1.54) is 22.5 Å². The maximum absolute atomic E-state index is 13.0. The molecule has 3 aliphatic heterocycles. The van der Waals surface area contributed by atoms with Gasteiger partial charge in [-0.25, -0.2) is 0 Å². The smallest absolute Gasteiger partial charge is 0.227 e. The highest BCUT2D eigenvalue weighted by atomic mass is 35.5. The van der Waals surface area contributed by atoms with Crippen LogP contribution in [0.4, 0.5) is 5.69 Å². The molecule has 0 radical (unpaired) electrons. The minimum absolute atomic E-state index is 0. The van der Waals surface area contributed by atoms with Crippen molar-refractivity contribution in [3.8, 4) is 0 Å². The lowest BCUT2D eigenvalue weighted by atomic mass is 9.78. The SMILES string of the molecule is O=C(Cc1nnc(CCc2ccc(Cl)cc2)s1)[C@H]1CC(=O)N(c2ccc(CN3CC4(COC4)C3)cc2)C1.S. The van der Waals surface area contributed by atoms with E-state index < -0.39 is 0 Å². The zero-order valence-electron chi connectivity index (χ0n) is 21.1. The zero-order chi connectivity index (χ0) is 25.4. The van der Waals surface area contributed by atoms with E-state index in [9.17, 15) is 9.59 Å². The molecular weight excluding hydrogens is 540 g/mol. The fourth-order valence-corrected chi connectivity index (χ4v) is 6.44. The van der Waals surface area contributed by atoms with E-state index in [4.69, 9.17) is 16.3 Å². The number of ketones is 1. The number of nitrogens with zero attached hydrogens (tertiary/aromatic N) is 4. The van der Waals surface area contributed by atoms with Crippen molar-refractivity contribution in [2.75, 3.05) is 37.7 Å². The number of carbonyl (C=O) groups is 2. The Balaban J connectivity index is 0.00000294. The molecule has 0 aliphatic carbocycles. The molecule has 200 valence electrons. The van der Waals surface area contributed by atoms with Gasteiger partial charge in [-0.05, 0) is 41.8 Å². The molecule has 0 saturated carbocycles. The summed E-state index contributed by atoms with van der Waals surface area (Å²) in [6.07, 6.45) is 2.09. The number of Topliss-reactive ketones (excluding diaryl/α,β-unsaturated/α-hetero) is 1. The van der Waals surface area contributed by atoms with Gasteiger partial charge in [0.05, 0.1) is 19.6 Å². The minimum atomic E-state index is -0.310. The van der Waals surface area contributed by atoms with Crippen molar-refractivity contribution in [2.45, 2.75) is 32.2 Å². The van der Waals surface area contributed by atoms with Gasteiger partial charge < -0.3 is 9.64 Å². The molecule has 2 aromatic carbocycles. The standard InChI is InChI=1S/C28H29ClN4O3S.H2S/c29-22-6-1-19(2-7-22)5-10-25-30-31-26(37-25)12-24(34)21-11-27(35)33(14-21)23-8-3-20(4-9-23)13-32-15-28(16-32)17-36-18-28;/h1-4,6-9,21H,5,10-18H2;1H2/t21-;/m0./s1. The van der Waals surface area contributed by atoms with Crippen LogP contribution in [-0.4, -0.2) is 59.6 Å². The van der Waals surface area contributed by atoms with Crippen LogP contribution in [0.5, 0.6) is 0 Å². The number of aryl methyl sites for hydroxylation is 2. The van der Waals surface area contributed by atoms with E-state index in [0.717, 1.165) is 61.4 Å². The number of rotatable bonds is 9. The van der Waals surface area contributed by atoms with Gasteiger partial charge in [-0.1, -0.05) is 35.9 Å². The molecule has 0 N–H and O–H groups in total. The molecule has 1 aromatic heterocycles. The van der Waals surface area contributed by atoms with E-state index >= 15 is 0 Å². The van der Waals surface area contributed by atoms with Crippen LogP contribution in [0, 0.1) is 11.3 Å². The quantitative estimate of drug-likeness (QED) is 0.386. The van der Waals surface area contributed by atoms with Gasteiger partial charge in [0.2, 0.25) is 5.91 Å². The van der Waals surface area contributed by atoms with Crippen molar-refractivity contribution in [3.63, 3.8) is 0 Å². The molecule has 1 spiro atoms. The fourth-order valence-electron chi connectivity index (χ4n) is 5.46. The van der Waals surface area contributed by atoms with Crippen LogP contribution in [0.1, 0.15) is 27.6 Å². The second kappa shape index (κ2) is 11.4. The summed E-state index contributed by atoms with van der Waals surface area (Å²) in [5, 5.41) is 10.8. The Hall–Kier alpha value is -2.30. The van der Waals surface area contributed by atoms with Crippen molar-refractivity contribution >= 4 is 53.8 Å². The maximum atomic E-state index is 13.0. The topological polar surface area (TPSA) is 75.6 Å². The van der Waals surface area contributed by atoms with Gasteiger partial charge in [-0.15, -0.1) is 21.5 Å². The number of carbonyl (C=O) groups excluding carboxylic acids is 2. The van der Waals surface area contributed by atoms with Crippen LogP contribution in [-0.2, 0) is 40.1 Å². The lowest BCUT2D eigenvalue weighted by molar-refractivity contribution is -0.191. The first-order valence-corrected chi connectivity index (χ1v) is 13.9. The monoisotopic (exact) mass is 570 g/mol. The third-order valence-corrected chi connectivity index (χ3v) is 8.78. The predicted octanol–water partition coefficient (Wildman–Crippen LogP) is 4.09. The fraction of sp³-hybridized carbons (Fsp3) is 0.429. The first-order valence-electron chi connectivity index (χ1n) is 12.7. The number of hydrogen-bond donors (Lipinski definition) is 0. The Morgan fingerprint density at radius 2 is 1.68 bits per heavy atom. The molecule has 1 atom stereocenters. The Kier molecular flexibility index (Phi) is 8.21. The van der Waals surface area contributed by atoms with Crippen LogP contribution in [0.15, 0.2) is 48.5 Å². The second-order valence-corrected chi connectivity index (χ2v) is 12.2. The van der Waals surface area contributed by atoms with Gasteiger partial charge in [-0.2, -0.15) is 13.5 Å². The van der Waals surface area contributed by atoms with E-state index in [1.807, 2.05) is 36.4 Å². The Labute approximate surface area is 238 Å². The molecule has 0 unspecified atom stereocenters.